The predicted molar refractivity (Wildman–Crippen MR) is 77.3 cm³/mol. The molecule has 0 bridgehead atoms. The van der Waals surface area contributed by atoms with Gasteiger partial charge in [0.25, 0.3) is 5.56 Å². The zero-order valence-corrected chi connectivity index (χ0v) is 10.9. The van der Waals surface area contributed by atoms with Crippen LogP contribution >= 0.6 is 0 Å². The molecule has 3 nitrogen and oxygen atoms in total. The quantitative estimate of drug-likeness (QED) is 0.720. The van der Waals surface area contributed by atoms with Crippen LogP contribution in [-0.4, -0.2) is 9.97 Å². The lowest BCUT2D eigenvalue weighted by Crippen LogP contribution is -2.12. The Hall–Kier alpha value is -2.42. The maximum absolute atomic E-state index is 12.2. The van der Waals surface area contributed by atoms with Crippen molar-refractivity contribution >= 4 is 11.0 Å². The molecule has 0 aliphatic rings. The van der Waals surface area contributed by atoms with E-state index in [0.29, 0.717) is 5.69 Å². The van der Waals surface area contributed by atoms with E-state index in [2.05, 4.69) is 9.97 Å². The van der Waals surface area contributed by atoms with E-state index in [9.17, 15) is 4.79 Å². The number of aromatic nitrogens is 2. The monoisotopic (exact) mass is 250 g/mol. The second-order valence-electron chi connectivity index (χ2n) is 4.76. The fraction of sp³-hybridized carbons (Fsp3) is 0.125. The number of aromatic amines is 1. The third kappa shape index (κ3) is 2.03. The Morgan fingerprint density at radius 1 is 1.05 bits per heavy atom. The van der Waals surface area contributed by atoms with Gasteiger partial charge in [-0.1, -0.05) is 36.4 Å². The van der Waals surface area contributed by atoms with Gasteiger partial charge in [0.2, 0.25) is 0 Å². The molecule has 0 spiro atoms. The summed E-state index contributed by atoms with van der Waals surface area (Å²) in [6.45, 7) is 4.01. The van der Waals surface area contributed by atoms with Crippen molar-refractivity contribution < 1.29 is 0 Å². The van der Waals surface area contributed by atoms with Gasteiger partial charge in [0.15, 0.2) is 0 Å². The van der Waals surface area contributed by atoms with Crippen LogP contribution in [0.3, 0.4) is 0 Å². The third-order valence-corrected chi connectivity index (χ3v) is 3.19. The molecule has 0 unspecified atom stereocenters. The molecule has 0 atom stereocenters. The van der Waals surface area contributed by atoms with Gasteiger partial charge in [-0.05, 0) is 31.0 Å². The molecule has 1 heterocycles. The second kappa shape index (κ2) is 4.35. The van der Waals surface area contributed by atoms with Gasteiger partial charge in [0, 0.05) is 5.56 Å². The van der Waals surface area contributed by atoms with E-state index >= 15 is 0 Å². The van der Waals surface area contributed by atoms with Crippen LogP contribution in [0.5, 0.6) is 0 Å². The second-order valence-corrected chi connectivity index (χ2v) is 4.76. The van der Waals surface area contributed by atoms with Crippen molar-refractivity contribution in [3.8, 4) is 11.3 Å². The van der Waals surface area contributed by atoms with Gasteiger partial charge in [0.05, 0.1) is 11.0 Å². The molecule has 0 saturated carbocycles. The summed E-state index contributed by atoms with van der Waals surface area (Å²) >= 11 is 0. The normalized spacial score (nSPS) is 10.8. The van der Waals surface area contributed by atoms with Gasteiger partial charge in [-0.2, -0.15) is 0 Å². The van der Waals surface area contributed by atoms with Crippen molar-refractivity contribution in [3.05, 3.63) is 63.9 Å². The van der Waals surface area contributed by atoms with Gasteiger partial charge in [-0.3, -0.25) is 4.79 Å². The Labute approximate surface area is 111 Å². The van der Waals surface area contributed by atoms with E-state index in [-0.39, 0.29) is 5.56 Å². The lowest BCUT2D eigenvalue weighted by molar-refractivity contribution is 1.20. The maximum Gasteiger partial charge on any atom is 0.274 e. The average Bonchev–Trinajstić information content (AvgIpc) is 2.40. The first-order valence-electron chi connectivity index (χ1n) is 6.22. The number of hydrogen-bond acceptors (Lipinski definition) is 2. The van der Waals surface area contributed by atoms with Crippen LogP contribution < -0.4 is 5.56 Å². The first kappa shape index (κ1) is 11.7. The first-order valence-corrected chi connectivity index (χ1v) is 6.22. The van der Waals surface area contributed by atoms with E-state index in [0.717, 1.165) is 27.7 Å². The van der Waals surface area contributed by atoms with Crippen LogP contribution in [0.25, 0.3) is 22.3 Å². The van der Waals surface area contributed by atoms with Crippen LogP contribution in [0.4, 0.5) is 0 Å². The third-order valence-electron chi connectivity index (χ3n) is 3.19. The summed E-state index contributed by atoms with van der Waals surface area (Å²) in [7, 11) is 0. The number of fused-ring (bicyclic) bond motifs is 1. The Bertz CT molecular complexity index is 804. The lowest BCUT2D eigenvalue weighted by Gasteiger charge is -2.06. The Balaban J connectivity index is 2.34. The topological polar surface area (TPSA) is 45.8 Å². The van der Waals surface area contributed by atoms with Crippen LogP contribution in [0.15, 0.2) is 47.3 Å². The summed E-state index contributed by atoms with van der Waals surface area (Å²) in [6, 6.07) is 13.6. The summed E-state index contributed by atoms with van der Waals surface area (Å²) < 4.78 is 0. The number of aryl methyl sites for hydroxylation is 2. The first-order chi connectivity index (χ1) is 9.15. The summed E-state index contributed by atoms with van der Waals surface area (Å²) in [4.78, 5) is 19.6. The zero-order chi connectivity index (χ0) is 13.4. The summed E-state index contributed by atoms with van der Waals surface area (Å²) in [5.41, 5.74) is 4.99. The highest BCUT2D eigenvalue weighted by molar-refractivity contribution is 5.80. The minimum Gasteiger partial charge on any atom is -0.318 e. The minimum atomic E-state index is -0.148. The molecule has 0 saturated heterocycles. The van der Waals surface area contributed by atoms with Gasteiger partial charge in [-0.25, -0.2) is 4.98 Å². The molecule has 19 heavy (non-hydrogen) atoms. The summed E-state index contributed by atoms with van der Waals surface area (Å²) in [5, 5.41) is 0. The average molecular weight is 250 g/mol. The SMILES string of the molecule is Cc1cc(C)c2[nH]c(=O)c(-c3ccccc3)nc2c1. The summed E-state index contributed by atoms with van der Waals surface area (Å²) in [5.74, 6) is 0. The van der Waals surface area contributed by atoms with Crippen LogP contribution in [0, 0.1) is 13.8 Å². The highest BCUT2D eigenvalue weighted by Crippen LogP contribution is 2.19. The van der Waals surface area contributed by atoms with E-state index in [1.165, 1.54) is 0 Å². The molecule has 94 valence electrons. The fourth-order valence-electron chi connectivity index (χ4n) is 2.33. The van der Waals surface area contributed by atoms with Gasteiger partial charge < -0.3 is 4.98 Å². The minimum absolute atomic E-state index is 0.148. The molecule has 1 aromatic heterocycles. The van der Waals surface area contributed by atoms with Crippen LogP contribution in [0.1, 0.15) is 11.1 Å². The number of hydrogen-bond donors (Lipinski definition) is 1. The fourth-order valence-corrected chi connectivity index (χ4v) is 2.33. The smallest absolute Gasteiger partial charge is 0.274 e. The molecular formula is C16H14N2O. The van der Waals surface area contributed by atoms with E-state index in [1.54, 1.807) is 0 Å². The van der Waals surface area contributed by atoms with Crippen LogP contribution in [-0.2, 0) is 0 Å². The molecule has 0 aliphatic heterocycles. The molecule has 3 aromatic rings. The van der Waals surface area contributed by atoms with E-state index in [4.69, 9.17) is 0 Å². The molecular weight excluding hydrogens is 236 g/mol. The zero-order valence-electron chi connectivity index (χ0n) is 10.9. The van der Waals surface area contributed by atoms with Gasteiger partial charge in [0.1, 0.15) is 5.69 Å². The Kier molecular flexibility index (Phi) is 2.67. The van der Waals surface area contributed by atoms with E-state index < -0.39 is 0 Å². The molecule has 0 amide bonds. The number of nitrogens with one attached hydrogen (secondary N) is 1. The van der Waals surface area contributed by atoms with Crippen molar-refractivity contribution in [1.82, 2.24) is 9.97 Å². The molecule has 2 aromatic carbocycles. The Morgan fingerprint density at radius 3 is 2.53 bits per heavy atom. The van der Waals surface area contributed by atoms with Crippen molar-refractivity contribution in [2.75, 3.05) is 0 Å². The molecule has 0 radical (unpaired) electrons. The number of nitrogens with zero attached hydrogens (tertiary/aromatic N) is 1. The molecule has 1 N–H and O–H groups in total. The molecule has 3 rings (SSSR count). The standard InChI is InChI=1S/C16H14N2O/c1-10-8-11(2)14-13(9-10)17-15(16(19)18-14)12-6-4-3-5-7-12/h3-9H,1-2H3,(H,18,19). The van der Waals surface area contributed by atoms with Gasteiger partial charge in [-0.15, -0.1) is 0 Å². The van der Waals surface area contributed by atoms with E-state index in [1.807, 2.05) is 56.3 Å². The lowest BCUT2D eigenvalue weighted by atomic mass is 10.1. The van der Waals surface area contributed by atoms with Crippen molar-refractivity contribution in [3.63, 3.8) is 0 Å². The highest BCUT2D eigenvalue weighted by Gasteiger charge is 2.08. The highest BCUT2D eigenvalue weighted by atomic mass is 16.1. The summed E-state index contributed by atoms with van der Waals surface area (Å²) in [6.07, 6.45) is 0. The van der Waals surface area contributed by atoms with Crippen molar-refractivity contribution in [1.29, 1.82) is 0 Å². The maximum atomic E-state index is 12.2. The molecule has 3 heteroatoms. The number of H-pyrrole nitrogens is 1. The van der Waals surface area contributed by atoms with Crippen molar-refractivity contribution in [2.45, 2.75) is 13.8 Å². The molecule has 0 aliphatic carbocycles. The molecule has 0 fully saturated rings. The van der Waals surface area contributed by atoms with Crippen LogP contribution in [0.2, 0.25) is 0 Å². The number of rotatable bonds is 1. The van der Waals surface area contributed by atoms with Crippen molar-refractivity contribution in [2.24, 2.45) is 0 Å². The number of benzene rings is 2. The predicted octanol–water partition coefficient (Wildman–Crippen LogP) is 3.21. The largest absolute Gasteiger partial charge is 0.318 e. The Morgan fingerprint density at radius 2 is 1.79 bits per heavy atom. The van der Waals surface area contributed by atoms with Gasteiger partial charge >= 0.3 is 0 Å².